The van der Waals surface area contributed by atoms with Gasteiger partial charge in [0.1, 0.15) is 0 Å². The third-order valence-corrected chi connectivity index (χ3v) is 13.2. The molecule has 0 aliphatic carbocycles. The largest absolute Gasteiger partial charge is 0.135 e. The molecule has 1 heteroatoms. The second-order valence-corrected chi connectivity index (χ2v) is 16.2. The summed E-state index contributed by atoms with van der Waals surface area (Å²) in [6, 6.07) is 76.4. The molecule has 0 saturated heterocycles. The smallest absolute Gasteiger partial charge is 0.0361 e. The van der Waals surface area contributed by atoms with Crippen molar-refractivity contribution in [2.75, 3.05) is 0 Å². The Bertz CT molecular complexity index is 3450. The Kier molecular flexibility index (Phi) is 7.20. The molecule has 1 aromatic heterocycles. The van der Waals surface area contributed by atoms with Crippen LogP contribution in [-0.4, -0.2) is 0 Å². The maximum absolute atomic E-state index is 2.48. The molecule has 1 heterocycles. The van der Waals surface area contributed by atoms with Crippen LogP contribution in [0.25, 0.3) is 119 Å². The van der Waals surface area contributed by atoms with Gasteiger partial charge < -0.3 is 0 Å². The molecule has 264 valence electrons. The van der Waals surface area contributed by atoms with Crippen molar-refractivity contribution in [1.82, 2.24) is 0 Å². The molecule has 0 unspecified atom stereocenters. The van der Waals surface area contributed by atoms with Crippen LogP contribution in [-0.2, 0) is 0 Å². The Morgan fingerprint density at radius 3 is 1.28 bits per heavy atom. The van der Waals surface area contributed by atoms with E-state index in [1.807, 2.05) is 11.3 Å². The molecule has 12 rings (SSSR count). The zero-order chi connectivity index (χ0) is 37.5. The molecule has 0 amide bonds. The van der Waals surface area contributed by atoms with Crippen LogP contribution in [0.5, 0.6) is 0 Å². The second-order valence-electron chi connectivity index (χ2n) is 15.1. The zero-order valence-corrected chi connectivity index (χ0v) is 31.9. The van der Waals surface area contributed by atoms with Crippen molar-refractivity contribution >= 4 is 85.4 Å². The lowest BCUT2D eigenvalue weighted by atomic mass is 9.83. The van der Waals surface area contributed by atoms with Crippen LogP contribution in [0.3, 0.4) is 0 Å². The van der Waals surface area contributed by atoms with Crippen LogP contribution in [0.1, 0.15) is 0 Å². The van der Waals surface area contributed by atoms with Crippen LogP contribution in [0.2, 0.25) is 0 Å². The molecule has 0 fully saturated rings. The lowest BCUT2D eigenvalue weighted by Crippen LogP contribution is -1.92. The lowest BCUT2D eigenvalue weighted by Gasteiger charge is -2.19. The molecule has 0 radical (unpaired) electrons. The van der Waals surface area contributed by atoms with Gasteiger partial charge in [-0.05, 0) is 117 Å². The summed E-state index contributed by atoms with van der Waals surface area (Å²) in [6.07, 6.45) is 0. The first-order chi connectivity index (χ1) is 28.3. The molecule has 0 aliphatic rings. The summed E-state index contributed by atoms with van der Waals surface area (Å²) in [5, 5.41) is 15.3. The standard InChI is InChI=1S/C56H34S/c1-2-17-36(18-3-1)52-40-21-6-8-23-42(40)53(43-24-9-7-22-41(43)52)37-32-33-50-49(34-37)56-48(30-15-31-51(56)57-50)55-46-27-12-10-25-44(46)54(45-26-11-13-28-47(45)55)39-29-14-19-35-16-4-5-20-38(35)39/h1-34H. The number of benzene rings is 11. The van der Waals surface area contributed by atoms with Gasteiger partial charge in [0.2, 0.25) is 0 Å². The predicted molar refractivity (Wildman–Crippen MR) is 249 cm³/mol. The van der Waals surface area contributed by atoms with Gasteiger partial charge in [0.15, 0.2) is 0 Å². The lowest BCUT2D eigenvalue weighted by molar-refractivity contribution is 1.66. The van der Waals surface area contributed by atoms with E-state index in [1.54, 1.807) is 0 Å². The molecule has 0 nitrogen and oxygen atoms in total. The summed E-state index contributed by atoms with van der Waals surface area (Å²) in [5.74, 6) is 0. The predicted octanol–water partition coefficient (Wildman–Crippen LogP) is 16.5. The van der Waals surface area contributed by atoms with E-state index in [1.165, 1.54) is 119 Å². The van der Waals surface area contributed by atoms with Gasteiger partial charge in [-0.25, -0.2) is 0 Å². The molecule has 57 heavy (non-hydrogen) atoms. The number of hydrogen-bond acceptors (Lipinski definition) is 1. The van der Waals surface area contributed by atoms with Crippen LogP contribution in [0, 0.1) is 0 Å². The van der Waals surface area contributed by atoms with E-state index >= 15 is 0 Å². The van der Waals surface area contributed by atoms with E-state index in [0.717, 1.165) is 0 Å². The van der Waals surface area contributed by atoms with Crippen molar-refractivity contribution in [3.05, 3.63) is 206 Å². The number of fused-ring (bicyclic) bond motifs is 8. The molecule has 0 N–H and O–H groups in total. The first-order valence-corrected chi connectivity index (χ1v) is 20.5. The van der Waals surface area contributed by atoms with Gasteiger partial charge >= 0.3 is 0 Å². The molecule has 0 spiro atoms. The minimum Gasteiger partial charge on any atom is -0.135 e. The topological polar surface area (TPSA) is 0 Å². The summed E-state index contributed by atoms with van der Waals surface area (Å²) >= 11 is 1.89. The Labute approximate surface area is 334 Å². The Morgan fingerprint density at radius 2 is 0.684 bits per heavy atom. The van der Waals surface area contributed by atoms with E-state index in [-0.39, 0.29) is 0 Å². The fourth-order valence-electron chi connectivity index (χ4n) is 9.70. The third-order valence-electron chi connectivity index (χ3n) is 12.0. The Hall–Kier alpha value is -7.06. The van der Waals surface area contributed by atoms with E-state index < -0.39 is 0 Å². The third kappa shape index (κ3) is 4.86. The van der Waals surface area contributed by atoms with Gasteiger partial charge in [-0.3, -0.25) is 0 Å². The highest BCUT2D eigenvalue weighted by Gasteiger charge is 2.22. The van der Waals surface area contributed by atoms with E-state index in [2.05, 4.69) is 206 Å². The van der Waals surface area contributed by atoms with Crippen LogP contribution >= 0.6 is 11.3 Å². The number of thiophene rings is 1. The quantitative estimate of drug-likeness (QED) is 0.158. The van der Waals surface area contributed by atoms with E-state index in [4.69, 9.17) is 0 Å². The van der Waals surface area contributed by atoms with Crippen LogP contribution in [0.4, 0.5) is 0 Å². The second kappa shape index (κ2) is 12.7. The Morgan fingerprint density at radius 1 is 0.246 bits per heavy atom. The molecule has 11 aromatic carbocycles. The average Bonchev–Trinajstić information content (AvgIpc) is 3.66. The van der Waals surface area contributed by atoms with Crippen molar-refractivity contribution in [2.45, 2.75) is 0 Å². The van der Waals surface area contributed by atoms with Gasteiger partial charge in [-0.1, -0.05) is 188 Å². The van der Waals surface area contributed by atoms with E-state index in [9.17, 15) is 0 Å². The summed E-state index contributed by atoms with van der Waals surface area (Å²) in [5.41, 5.74) is 10.2. The van der Waals surface area contributed by atoms with Crippen molar-refractivity contribution in [3.63, 3.8) is 0 Å². The highest BCUT2D eigenvalue weighted by molar-refractivity contribution is 7.26. The minimum absolute atomic E-state index is 1.24. The average molecular weight is 739 g/mol. The number of rotatable bonds is 4. The van der Waals surface area contributed by atoms with E-state index in [0.29, 0.717) is 0 Å². The fraction of sp³-hybridized carbons (Fsp3) is 0. The van der Waals surface area contributed by atoms with Crippen molar-refractivity contribution < 1.29 is 0 Å². The zero-order valence-electron chi connectivity index (χ0n) is 31.0. The first kappa shape index (κ1) is 32.2. The van der Waals surface area contributed by atoms with Gasteiger partial charge in [-0.15, -0.1) is 11.3 Å². The number of hydrogen-bond donors (Lipinski definition) is 0. The normalized spacial score (nSPS) is 11.9. The SMILES string of the molecule is c1ccc(-c2c3ccccc3c(-c3ccc4sc5cccc(-c6c7ccccc7c(-c7cccc8ccccc78)c7ccccc67)c5c4c3)c3ccccc23)cc1. The highest BCUT2D eigenvalue weighted by Crippen LogP contribution is 2.50. The van der Waals surface area contributed by atoms with Gasteiger partial charge in [0, 0.05) is 20.2 Å². The van der Waals surface area contributed by atoms with Gasteiger partial charge in [0.05, 0.1) is 0 Å². The molecule has 0 aliphatic heterocycles. The van der Waals surface area contributed by atoms with Crippen LogP contribution < -0.4 is 0 Å². The Balaban J connectivity index is 1.16. The highest BCUT2D eigenvalue weighted by atomic mass is 32.1. The van der Waals surface area contributed by atoms with Gasteiger partial charge in [0.25, 0.3) is 0 Å². The molecule has 0 saturated carbocycles. The molecule has 0 bridgehead atoms. The monoisotopic (exact) mass is 738 g/mol. The van der Waals surface area contributed by atoms with Gasteiger partial charge in [-0.2, -0.15) is 0 Å². The van der Waals surface area contributed by atoms with Crippen LogP contribution in [0.15, 0.2) is 206 Å². The maximum Gasteiger partial charge on any atom is 0.0361 e. The molecular formula is C56H34S. The molecule has 0 atom stereocenters. The summed E-state index contributed by atoms with van der Waals surface area (Å²) < 4.78 is 2.61. The van der Waals surface area contributed by atoms with Crippen molar-refractivity contribution in [2.24, 2.45) is 0 Å². The molecule has 12 aromatic rings. The first-order valence-electron chi connectivity index (χ1n) is 19.7. The molecular weight excluding hydrogens is 705 g/mol. The fourth-order valence-corrected chi connectivity index (χ4v) is 10.8. The summed E-state index contributed by atoms with van der Waals surface area (Å²) in [7, 11) is 0. The maximum atomic E-state index is 2.48. The van der Waals surface area contributed by atoms with Crippen molar-refractivity contribution in [1.29, 1.82) is 0 Å². The summed E-state index contributed by atoms with van der Waals surface area (Å²) in [6.45, 7) is 0. The van der Waals surface area contributed by atoms with Crippen molar-refractivity contribution in [3.8, 4) is 44.5 Å². The summed E-state index contributed by atoms with van der Waals surface area (Å²) in [4.78, 5) is 0. The minimum atomic E-state index is 1.24.